The molecule has 2 aromatic carbocycles. The van der Waals surface area contributed by atoms with E-state index in [0.717, 1.165) is 18.7 Å². The molecule has 0 aromatic heterocycles. The Balaban J connectivity index is 1.59. The fourth-order valence-corrected chi connectivity index (χ4v) is 2.87. The molecule has 0 aliphatic carbocycles. The average Bonchev–Trinajstić information content (AvgIpc) is 2.65. The number of ether oxygens (including phenoxy) is 1. The average molecular weight is 371 g/mol. The summed E-state index contributed by atoms with van der Waals surface area (Å²) in [4.78, 5) is 26.5. The Morgan fingerprint density at radius 1 is 1.11 bits per heavy atom. The molecule has 2 amide bonds. The molecule has 7 heteroatoms. The number of carbonyl (C=O) groups is 2. The topological polar surface area (TPSA) is 70.7 Å². The van der Waals surface area contributed by atoms with E-state index < -0.39 is 11.7 Å². The highest BCUT2D eigenvalue weighted by Gasteiger charge is 2.15. The number of hydrogen-bond acceptors (Lipinski definition) is 4. The number of amides is 2. The van der Waals surface area contributed by atoms with Crippen molar-refractivity contribution in [3.8, 4) is 0 Å². The zero-order valence-corrected chi connectivity index (χ0v) is 15.1. The number of carbonyl (C=O) groups excluding carboxylic acids is 2. The molecule has 0 atom stereocenters. The lowest BCUT2D eigenvalue weighted by Crippen LogP contribution is -2.41. The Kier molecular flexibility index (Phi) is 6.16. The molecule has 0 radical (unpaired) electrons. The molecule has 1 heterocycles. The molecule has 0 unspecified atom stereocenters. The Hall–Kier alpha value is -2.77. The van der Waals surface area contributed by atoms with Gasteiger partial charge in [0.1, 0.15) is 5.82 Å². The first kappa shape index (κ1) is 19.0. The van der Waals surface area contributed by atoms with Gasteiger partial charge in [-0.05, 0) is 48.9 Å². The van der Waals surface area contributed by atoms with E-state index in [1.165, 1.54) is 18.2 Å². The van der Waals surface area contributed by atoms with Crippen LogP contribution in [0.2, 0.25) is 0 Å². The Morgan fingerprint density at radius 2 is 1.89 bits per heavy atom. The van der Waals surface area contributed by atoms with Gasteiger partial charge in [-0.3, -0.25) is 14.5 Å². The number of benzene rings is 2. The van der Waals surface area contributed by atoms with Crippen molar-refractivity contribution in [2.45, 2.75) is 6.92 Å². The largest absolute Gasteiger partial charge is 0.379 e. The van der Waals surface area contributed by atoms with E-state index in [4.69, 9.17) is 4.74 Å². The molecule has 2 N–H and O–H groups in total. The second kappa shape index (κ2) is 8.75. The number of aryl methyl sites for hydroxylation is 1. The van der Waals surface area contributed by atoms with Crippen LogP contribution in [0.25, 0.3) is 0 Å². The molecule has 0 spiro atoms. The Morgan fingerprint density at radius 3 is 2.59 bits per heavy atom. The van der Waals surface area contributed by atoms with E-state index in [9.17, 15) is 14.0 Å². The molecule has 1 aliphatic rings. The molecular formula is C20H22FN3O3. The minimum absolute atomic E-state index is 0.0865. The Bertz CT molecular complexity index is 835. The normalized spacial score (nSPS) is 14.6. The van der Waals surface area contributed by atoms with Crippen LogP contribution in [-0.2, 0) is 9.53 Å². The summed E-state index contributed by atoms with van der Waals surface area (Å²) in [5, 5.41) is 5.63. The summed E-state index contributed by atoms with van der Waals surface area (Å²) in [6.07, 6.45) is 0. The fraction of sp³-hybridized carbons (Fsp3) is 0.300. The van der Waals surface area contributed by atoms with E-state index in [2.05, 4.69) is 10.6 Å². The molecule has 2 aromatic rings. The van der Waals surface area contributed by atoms with Crippen LogP contribution in [-0.4, -0.2) is 49.6 Å². The van der Waals surface area contributed by atoms with Gasteiger partial charge >= 0.3 is 0 Å². The number of rotatable bonds is 5. The SMILES string of the molecule is Cc1cc(NC(=O)c2cccc(F)c2)ccc1NC(=O)CN1CCOCC1. The summed E-state index contributed by atoms with van der Waals surface area (Å²) < 4.78 is 18.5. The summed E-state index contributed by atoms with van der Waals surface area (Å²) in [6, 6.07) is 10.7. The number of hydrogen-bond donors (Lipinski definition) is 2. The number of nitrogens with one attached hydrogen (secondary N) is 2. The van der Waals surface area contributed by atoms with E-state index in [1.807, 2.05) is 11.8 Å². The molecule has 3 rings (SSSR count). The highest BCUT2D eigenvalue weighted by molar-refractivity contribution is 6.04. The standard InChI is InChI=1S/C20H22FN3O3/c1-14-11-17(22-20(26)15-3-2-4-16(21)12-15)5-6-18(14)23-19(25)13-24-7-9-27-10-8-24/h2-6,11-12H,7-10,13H2,1H3,(H,22,26)(H,23,25). The predicted octanol–water partition coefficient (Wildman–Crippen LogP) is 2.66. The number of halogens is 1. The maximum atomic E-state index is 13.2. The van der Waals surface area contributed by atoms with Gasteiger partial charge < -0.3 is 15.4 Å². The van der Waals surface area contributed by atoms with E-state index >= 15 is 0 Å². The van der Waals surface area contributed by atoms with Crippen LogP contribution in [0, 0.1) is 12.7 Å². The molecule has 142 valence electrons. The molecule has 1 aliphatic heterocycles. The van der Waals surface area contributed by atoms with Crippen LogP contribution in [0.1, 0.15) is 15.9 Å². The second-order valence-electron chi connectivity index (χ2n) is 6.43. The van der Waals surface area contributed by atoms with Gasteiger partial charge in [0.15, 0.2) is 0 Å². The van der Waals surface area contributed by atoms with Crippen molar-refractivity contribution < 1.29 is 18.7 Å². The van der Waals surface area contributed by atoms with E-state index in [0.29, 0.717) is 31.1 Å². The summed E-state index contributed by atoms with van der Waals surface area (Å²) >= 11 is 0. The maximum Gasteiger partial charge on any atom is 0.255 e. The molecule has 0 saturated carbocycles. The summed E-state index contributed by atoms with van der Waals surface area (Å²) in [5.41, 5.74) is 2.34. The van der Waals surface area contributed by atoms with E-state index in [-0.39, 0.29) is 11.5 Å². The van der Waals surface area contributed by atoms with Crippen LogP contribution in [0.3, 0.4) is 0 Å². The lowest BCUT2D eigenvalue weighted by molar-refractivity contribution is -0.118. The third-order valence-corrected chi connectivity index (χ3v) is 4.32. The third-order valence-electron chi connectivity index (χ3n) is 4.32. The van der Waals surface area contributed by atoms with Crippen molar-refractivity contribution in [1.82, 2.24) is 4.90 Å². The van der Waals surface area contributed by atoms with Crippen molar-refractivity contribution in [3.63, 3.8) is 0 Å². The summed E-state index contributed by atoms with van der Waals surface area (Å²) in [6.45, 7) is 4.95. The lowest BCUT2D eigenvalue weighted by atomic mass is 10.1. The minimum atomic E-state index is -0.461. The van der Waals surface area contributed by atoms with Gasteiger partial charge in [0.05, 0.1) is 19.8 Å². The first-order chi connectivity index (χ1) is 13.0. The van der Waals surface area contributed by atoms with Crippen molar-refractivity contribution in [2.24, 2.45) is 0 Å². The van der Waals surface area contributed by atoms with Crippen LogP contribution in [0.15, 0.2) is 42.5 Å². The van der Waals surface area contributed by atoms with Crippen LogP contribution in [0.4, 0.5) is 15.8 Å². The molecule has 1 fully saturated rings. The molecule has 0 bridgehead atoms. The van der Waals surface area contributed by atoms with Crippen LogP contribution >= 0.6 is 0 Å². The monoisotopic (exact) mass is 371 g/mol. The quantitative estimate of drug-likeness (QED) is 0.848. The smallest absolute Gasteiger partial charge is 0.255 e. The third kappa shape index (κ3) is 5.35. The summed E-state index contributed by atoms with van der Waals surface area (Å²) in [5.74, 6) is -0.938. The van der Waals surface area contributed by atoms with Gasteiger partial charge in [0, 0.05) is 30.0 Å². The van der Waals surface area contributed by atoms with Crippen molar-refractivity contribution in [1.29, 1.82) is 0 Å². The zero-order chi connectivity index (χ0) is 19.2. The highest BCUT2D eigenvalue weighted by atomic mass is 19.1. The molecule has 27 heavy (non-hydrogen) atoms. The lowest BCUT2D eigenvalue weighted by Gasteiger charge is -2.25. The predicted molar refractivity (Wildman–Crippen MR) is 101 cm³/mol. The van der Waals surface area contributed by atoms with Crippen LogP contribution < -0.4 is 10.6 Å². The van der Waals surface area contributed by atoms with Gasteiger partial charge in [-0.15, -0.1) is 0 Å². The number of anilines is 2. The summed E-state index contributed by atoms with van der Waals surface area (Å²) in [7, 11) is 0. The van der Waals surface area contributed by atoms with Gasteiger partial charge in [0.25, 0.3) is 5.91 Å². The van der Waals surface area contributed by atoms with Crippen LogP contribution in [0.5, 0.6) is 0 Å². The van der Waals surface area contributed by atoms with Crippen molar-refractivity contribution in [3.05, 3.63) is 59.4 Å². The van der Waals surface area contributed by atoms with E-state index in [1.54, 1.807) is 24.3 Å². The first-order valence-corrected chi connectivity index (χ1v) is 8.79. The minimum Gasteiger partial charge on any atom is -0.379 e. The number of morpholine rings is 1. The van der Waals surface area contributed by atoms with Gasteiger partial charge in [-0.1, -0.05) is 6.07 Å². The van der Waals surface area contributed by atoms with Gasteiger partial charge in [-0.25, -0.2) is 4.39 Å². The molecule has 1 saturated heterocycles. The maximum absolute atomic E-state index is 13.2. The van der Waals surface area contributed by atoms with Gasteiger partial charge in [-0.2, -0.15) is 0 Å². The second-order valence-corrected chi connectivity index (χ2v) is 6.43. The van der Waals surface area contributed by atoms with Gasteiger partial charge in [0.2, 0.25) is 5.91 Å². The van der Waals surface area contributed by atoms with Crippen molar-refractivity contribution >= 4 is 23.2 Å². The van der Waals surface area contributed by atoms with Crippen molar-refractivity contribution in [2.75, 3.05) is 43.5 Å². The molecular weight excluding hydrogens is 349 g/mol. The molecule has 6 nitrogen and oxygen atoms in total. The number of nitrogens with zero attached hydrogens (tertiary/aromatic N) is 1. The Labute approximate surface area is 157 Å². The zero-order valence-electron chi connectivity index (χ0n) is 15.1. The fourth-order valence-electron chi connectivity index (χ4n) is 2.87. The highest BCUT2D eigenvalue weighted by Crippen LogP contribution is 2.20. The first-order valence-electron chi connectivity index (χ1n) is 8.79.